The quantitative estimate of drug-likeness (QED) is 0.199. The molecule has 2 aromatic rings. The van der Waals surface area contributed by atoms with Crippen LogP contribution in [0.2, 0.25) is 0 Å². The number of esters is 1. The van der Waals surface area contributed by atoms with E-state index < -0.39 is 74.5 Å². The van der Waals surface area contributed by atoms with Gasteiger partial charge in [0.15, 0.2) is 5.78 Å². The summed E-state index contributed by atoms with van der Waals surface area (Å²) < 4.78 is 55.9. The normalized spacial score (nSPS) is 25.7. The van der Waals surface area contributed by atoms with E-state index in [9.17, 15) is 27.6 Å². The second kappa shape index (κ2) is 15.2. The van der Waals surface area contributed by atoms with Gasteiger partial charge in [0.05, 0.1) is 43.1 Å². The molecular formula is C39H51N3O11S. The van der Waals surface area contributed by atoms with Gasteiger partial charge < -0.3 is 23.8 Å². The van der Waals surface area contributed by atoms with Crippen molar-refractivity contribution >= 4 is 44.6 Å². The van der Waals surface area contributed by atoms with Gasteiger partial charge in [0.25, 0.3) is 0 Å². The van der Waals surface area contributed by atoms with Crippen molar-refractivity contribution in [3.63, 3.8) is 0 Å². The zero-order valence-electron chi connectivity index (χ0n) is 31.6. The summed E-state index contributed by atoms with van der Waals surface area (Å²) in [6.45, 7) is 11.6. The fourth-order valence-corrected chi connectivity index (χ4v) is 8.83. The third-order valence-electron chi connectivity index (χ3n) is 10.9. The van der Waals surface area contributed by atoms with Crippen molar-refractivity contribution in [3.8, 4) is 11.6 Å². The molecule has 1 aromatic heterocycles. The van der Waals surface area contributed by atoms with Crippen molar-refractivity contribution < 1.29 is 50.7 Å². The number of nitrogens with one attached hydrogen (secondary N) is 1. The highest BCUT2D eigenvalue weighted by Gasteiger charge is 2.61. The van der Waals surface area contributed by atoms with Crippen LogP contribution in [0.1, 0.15) is 79.1 Å². The van der Waals surface area contributed by atoms with E-state index in [-0.39, 0.29) is 38.1 Å². The van der Waals surface area contributed by atoms with E-state index in [0.29, 0.717) is 55.9 Å². The summed E-state index contributed by atoms with van der Waals surface area (Å²) in [6.07, 6.45) is 4.41. The number of allylic oxidation sites excluding steroid dienone is 1. The summed E-state index contributed by atoms with van der Waals surface area (Å²) in [6, 6.07) is 6.25. The van der Waals surface area contributed by atoms with E-state index in [4.69, 9.17) is 23.1 Å². The van der Waals surface area contributed by atoms with Gasteiger partial charge in [0.2, 0.25) is 17.7 Å². The Labute approximate surface area is 316 Å². The van der Waals surface area contributed by atoms with Crippen molar-refractivity contribution in [1.82, 2.24) is 14.6 Å². The highest BCUT2D eigenvalue weighted by Crippen LogP contribution is 2.57. The average molecular weight is 770 g/mol. The molecule has 4 fully saturated rings. The maximum Gasteiger partial charge on any atom is 0.362 e. The minimum Gasteiger partial charge on any atom is -0.497 e. The number of Topliss-reactive ketones (excluding diaryl/α,β-unsaturated/α-hetero) is 1. The summed E-state index contributed by atoms with van der Waals surface area (Å²) in [5.41, 5.74) is -3.02. The number of likely N-dealkylation sites (tertiary alicyclic amines) is 1. The number of benzene rings is 1. The predicted molar refractivity (Wildman–Crippen MR) is 196 cm³/mol. The molecule has 54 heavy (non-hydrogen) atoms. The Morgan fingerprint density at radius 3 is 2.50 bits per heavy atom. The van der Waals surface area contributed by atoms with Gasteiger partial charge >= 0.3 is 16.3 Å². The number of amides is 2. The standard InChI is InChI=1S/C39H51N3O11S/c1-7-26-21-39(26,36(46)41-54(47,48)53-38(5)13-14-38)22-32(43)31-19-28(51-34-29-9-8-27(49-6)18-25(29)10-15-40-34)23-42(31)35(45)30(24-11-16-50-17-12-24)20-33(44)52-37(2,3)4/h7-10,15,18,24,26,28,30-31H,1,11-14,16-17,19-23H2,2-6H3,(H,41,46)/t26-,28-,30+,31+,39-/m1/s1. The largest absolute Gasteiger partial charge is 0.497 e. The lowest BCUT2D eigenvalue weighted by molar-refractivity contribution is -0.160. The van der Waals surface area contributed by atoms with Gasteiger partial charge in [-0.25, -0.2) is 13.9 Å². The maximum absolute atomic E-state index is 14.8. The number of pyridine rings is 1. The van der Waals surface area contributed by atoms with E-state index in [2.05, 4.69) is 11.6 Å². The molecule has 1 N–H and O–H groups in total. The first kappa shape index (κ1) is 39.6. The van der Waals surface area contributed by atoms with E-state index >= 15 is 0 Å². The number of rotatable bonds is 15. The number of ketones is 1. The van der Waals surface area contributed by atoms with Gasteiger partial charge in [0.1, 0.15) is 17.5 Å². The third kappa shape index (κ3) is 9.06. The number of ether oxygens (including phenoxy) is 4. The molecule has 2 aliphatic heterocycles. The number of fused-ring (bicyclic) bond motifs is 1. The Bertz CT molecular complexity index is 1900. The maximum atomic E-state index is 14.8. The molecule has 5 atom stereocenters. The highest BCUT2D eigenvalue weighted by molar-refractivity contribution is 7.85. The lowest BCUT2D eigenvalue weighted by Gasteiger charge is -2.34. The molecule has 2 saturated carbocycles. The molecule has 294 valence electrons. The Balaban J connectivity index is 1.29. The zero-order valence-corrected chi connectivity index (χ0v) is 32.4. The average Bonchev–Trinajstić information content (AvgIpc) is 3.98. The van der Waals surface area contributed by atoms with Gasteiger partial charge in [-0.05, 0) is 101 Å². The zero-order chi connectivity index (χ0) is 39.1. The molecule has 0 unspecified atom stereocenters. The Morgan fingerprint density at radius 1 is 1.15 bits per heavy atom. The summed E-state index contributed by atoms with van der Waals surface area (Å²) in [5.74, 6) is -2.70. The molecule has 0 radical (unpaired) electrons. The van der Waals surface area contributed by atoms with Crippen LogP contribution < -0.4 is 14.2 Å². The molecule has 1 aromatic carbocycles. The number of carbonyl (C=O) groups is 4. The van der Waals surface area contributed by atoms with Gasteiger partial charge in [-0.2, -0.15) is 8.42 Å². The minimum absolute atomic E-state index is 0.0163. The second-order valence-corrected chi connectivity index (χ2v) is 17.6. The molecule has 2 saturated heterocycles. The van der Waals surface area contributed by atoms with Gasteiger partial charge in [0, 0.05) is 37.6 Å². The van der Waals surface area contributed by atoms with Crippen molar-refractivity contribution in [2.45, 2.75) is 102 Å². The molecule has 6 rings (SSSR count). The molecule has 0 bridgehead atoms. The predicted octanol–water partition coefficient (Wildman–Crippen LogP) is 4.45. The molecule has 2 amide bonds. The first-order valence-corrected chi connectivity index (χ1v) is 20.0. The van der Waals surface area contributed by atoms with Gasteiger partial charge in [-0.3, -0.25) is 19.2 Å². The van der Waals surface area contributed by atoms with Crippen LogP contribution in [0.25, 0.3) is 10.8 Å². The monoisotopic (exact) mass is 769 g/mol. The molecule has 14 nitrogen and oxygen atoms in total. The van der Waals surface area contributed by atoms with Crippen molar-refractivity contribution in [1.29, 1.82) is 0 Å². The van der Waals surface area contributed by atoms with Crippen LogP contribution in [0.15, 0.2) is 43.1 Å². The summed E-state index contributed by atoms with van der Waals surface area (Å²) in [4.78, 5) is 62.1. The number of nitrogens with zero attached hydrogens (tertiary/aromatic N) is 2. The number of methoxy groups -OCH3 is 1. The number of hydrogen-bond acceptors (Lipinski definition) is 12. The fourth-order valence-electron chi connectivity index (χ4n) is 7.66. The summed E-state index contributed by atoms with van der Waals surface area (Å²) in [5, 5.41) is 1.53. The lowest BCUT2D eigenvalue weighted by Crippen LogP contribution is -2.48. The molecule has 15 heteroatoms. The molecule has 3 heterocycles. The fraction of sp³-hybridized carbons (Fsp3) is 0.615. The molecule has 2 aliphatic carbocycles. The van der Waals surface area contributed by atoms with Crippen LogP contribution in [-0.2, 0) is 43.1 Å². The van der Waals surface area contributed by atoms with Crippen LogP contribution >= 0.6 is 0 Å². The van der Waals surface area contributed by atoms with Gasteiger partial charge in [-0.15, -0.1) is 6.58 Å². The first-order chi connectivity index (χ1) is 25.4. The van der Waals surface area contributed by atoms with Crippen LogP contribution in [0.5, 0.6) is 11.6 Å². The molecule has 0 spiro atoms. The van der Waals surface area contributed by atoms with Crippen LogP contribution in [-0.4, -0.2) is 92.1 Å². The SMILES string of the molecule is C=C[C@@H]1C[C@]1(CC(=O)[C@@H]1C[C@@H](Oc2nccc3cc(OC)ccc23)CN1C(=O)[C@@H](CC(=O)OC(C)(C)C)C1CCOCC1)C(=O)NS(=O)(=O)OC1(C)CC1. The first-order valence-electron chi connectivity index (χ1n) is 18.6. The van der Waals surface area contributed by atoms with E-state index in [1.807, 2.05) is 22.9 Å². The summed E-state index contributed by atoms with van der Waals surface area (Å²) in [7, 11) is -2.87. The van der Waals surface area contributed by atoms with E-state index in [1.54, 1.807) is 47.1 Å². The van der Waals surface area contributed by atoms with Crippen molar-refractivity contribution in [3.05, 3.63) is 43.1 Å². The molecule has 4 aliphatic rings. The van der Waals surface area contributed by atoms with E-state index in [1.165, 1.54) is 11.0 Å². The molecular weight excluding hydrogens is 719 g/mol. The van der Waals surface area contributed by atoms with Crippen molar-refractivity contribution in [2.24, 2.45) is 23.2 Å². The highest BCUT2D eigenvalue weighted by atomic mass is 32.2. The second-order valence-electron chi connectivity index (χ2n) is 16.3. The number of hydrogen-bond donors (Lipinski definition) is 1. The minimum atomic E-state index is -4.44. The Hall–Kier alpha value is -4.08. The Morgan fingerprint density at radius 2 is 1.87 bits per heavy atom. The van der Waals surface area contributed by atoms with Gasteiger partial charge in [-0.1, -0.05) is 6.08 Å². The third-order valence-corrected chi connectivity index (χ3v) is 12.0. The van der Waals surface area contributed by atoms with E-state index in [0.717, 1.165) is 5.39 Å². The van der Waals surface area contributed by atoms with Crippen molar-refractivity contribution in [2.75, 3.05) is 26.9 Å². The van der Waals surface area contributed by atoms with Crippen LogP contribution in [0.4, 0.5) is 0 Å². The number of aromatic nitrogens is 1. The Kier molecular flexibility index (Phi) is 11.2. The topological polar surface area (TPSA) is 177 Å². The smallest absolute Gasteiger partial charge is 0.362 e. The number of carbonyl (C=O) groups excluding carboxylic acids is 4. The van der Waals surface area contributed by atoms with Crippen LogP contribution in [0, 0.1) is 23.2 Å². The van der Waals surface area contributed by atoms with Crippen LogP contribution in [0.3, 0.4) is 0 Å². The summed E-state index contributed by atoms with van der Waals surface area (Å²) >= 11 is 0. The lowest BCUT2D eigenvalue weighted by atomic mass is 9.82.